The molecule has 1 fully saturated rings. The van der Waals surface area contributed by atoms with Crippen molar-refractivity contribution in [3.05, 3.63) is 36.0 Å². The van der Waals surface area contributed by atoms with Gasteiger partial charge in [-0.05, 0) is 37.1 Å². The molecule has 3 rings (SSSR count). The van der Waals surface area contributed by atoms with Crippen LogP contribution >= 0.6 is 0 Å². The van der Waals surface area contributed by atoms with Crippen LogP contribution in [0.1, 0.15) is 44.7 Å². The lowest BCUT2D eigenvalue weighted by Gasteiger charge is -2.14. The highest BCUT2D eigenvalue weighted by atomic mass is 19.4. The van der Waals surface area contributed by atoms with E-state index in [1.165, 1.54) is 23.5 Å². The average Bonchev–Trinajstić information content (AvgIpc) is 2.97. The van der Waals surface area contributed by atoms with Crippen LogP contribution in [-0.4, -0.2) is 23.7 Å². The molecular formula is C19H21F3N2O2. The van der Waals surface area contributed by atoms with Crippen LogP contribution in [0.2, 0.25) is 0 Å². The van der Waals surface area contributed by atoms with E-state index >= 15 is 0 Å². The van der Waals surface area contributed by atoms with Gasteiger partial charge in [0, 0.05) is 11.1 Å². The van der Waals surface area contributed by atoms with Gasteiger partial charge in [0.2, 0.25) is 0 Å². The predicted octanol–water partition coefficient (Wildman–Crippen LogP) is 5.55. The van der Waals surface area contributed by atoms with Gasteiger partial charge in [-0.25, -0.2) is 9.78 Å². The molecule has 0 saturated carbocycles. The van der Waals surface area contributed by atoms with Crippen LogP contribution in [0.15, 0.2) is 30.3 Å². The van der Waals surface area contributed by atoms with E-state index in [4.69, 9.17) is 4.74 Å². The number of amides is 1. The van der Waals surface area contributed by atoms with Crippen molar-refractivity contribution >= 4 is 22.7 Å². The zero-order valence-corrected chi connectivity index (χ0v) is 14.6. The summed E-state index contributed by atoms with van der Waals surface area (Å²) >= 11 is 0. The fraction of sp³-hybridized carbons (Fsp3) is 0.474. The topological polar surface area (TPSA) is 42.4 Å². The van der Waals surface area contributed by atoms with Gasteiger partial charge in [-0.1, -0.05) is 32.3 Å². The van der Waals surface area contributed by atoms with E-state index in [1.807, 2.05) is 0 Å². The Morgan fingerprint density at radius 3 is 2.73 bits per heavy atom. The number of rotatable bonds is 6. The number of pyridine rings is 1. The molecule has 1 saturated heterocycles. The van der Waals surface area contributed by atoms with E-state index < -0.39 is 18.0 Å². The smallest absolute Gasteiger partial charge is 0.433 e. The molecule has 1 aliphatic heterocycles. The van der Waals surface area contributed by atoms with Gasteiger partial charge in [-0.15, -0.1) is 0 Å². The number of benzene rings is 1. The summed E-state index contributed by atoms with van der Waals surface area (Å²) in [7, 11) is 0. The second kappa shape index (κ2) is 7.51. The summed E-state index contributed by atoms with van der Waals surface area (Å²) in [6.07, 6.45) is 0.253. The van der Waals surface area contributed by atoms with Crippen molar-refractivity contribution < 1.29 is 22.7 Å². The van der Waals surface area contributed by atoms with Crippen LogP contribution in [0, 0.1) is 0 Å². The molecule has 0 bridgehead atoms. The molecule has 1 amide bonds. The van der Waals surface area contributed by atoms with Crippen molar-refractivity contribution in [2.45, 2.75) is 51.3 Å². The molecule has 7 heteroatoms. The van der Waals surface area contributed by atoms with Gasteiger partial charge in [-0.3, -0.25) is 4.90 Å². The Hall–Kier alpha value is -2.31. The molecular weight excluding hydrogens is 345 g/mol. The molecule has 1 aromatic heterocycles. The maximum absolute atomic E-state index is 12.8. The first-order valence-electron chi connectivity index (χ1n) is 8.84. The highest BCUT2D eigenvalue weighted by Gasteiger charge is 2.33. The van der Waals surface area contributed by atoms with E-state index in [0.717, 1.165) is 31.7 Å². The van der Waals surface area contributed by atoms with Gasteiger partial charge >= 0.3 is 12.3 Å². The minimum Gasteiger partial charge on any atom is -0.444 e. The molecule has 1 atom stereocenters. The molecule has 2 aromatic rings. The molecule has 0 spiro atoms. The zero-order valence-electron chi connectivity index (χ0n) is 14.6. The number of aromatic nitrogens is 1. The summed E-state index contributed by atoms with van der Waals surface area (Å²) in [6, 6.07) is 7.10. The van der Waals surface area contributed by atoms with Crippen LogP contribution in [0.5, 0.6) is 0 Å². The van der Waals surface area contributed by atoms with Crippen LogP contribution in [-0.2, 0) is 10.9 Å². The summed E-state index contributed by atoms with van der Waals surface area (Å²) in [4.78, 5) is 17.3. The van der Waals surface area contributed by atoms with Gasteiger partial charge in [0.05, 0.1) is 12.1 Å². The Balaban J connectivity index is 1.73. The van der Waals surface area contributed by atoms with E-state index in [2.05, 4.69) is 11.9 Å². The number of carbonyl (C=O) groups excluding carboxylic acids is 1. The number of cyclic esters (lactones) is 1. The summed E-state index contributed by atoms with van der Waals surface area (Å²) in [5.41, 5.74) is -0.0714. The largest absolute Gasteiger partial charge is 0.444 e. The first-order chi connectivity index (χ1) is 12.4. The summed E-state index contributed by atoms with van der Waals surface area (Å²) in [5, 5.41) is 0.551. The Morgan fingerprint density at radius 1 is 1.19 bits per heavy atom. The Labute approximate surface area is 150 Å². The van der Waals surface area contributed by atoms with Gasteiger partial charge < -0.3 is 4.74 Å². The maximum Gasteiger partial charge on any atom is 0.433 e. The predicted molar refractivity (Wildman–Crippen MR) is 93.1 cm³/mol. The molecule has 140 valence electrons. The van der Waals surface area contributed by atoms with Crippen LogP contribution in [0.4, 0.5) is 23.7 Å². The van der Waals surface area contributed by atoms with Crippen molar-refractivity contribution in [1.29, 1.82) is 0 Å². The number of hydrogen-bond acceptors (Lipinski definition) is 3. The molecule has 1 unspecified atom stereocenters. The monoisotopic (exact) mass is 366 g/mol. The molecule has 0 N–H and O–H groups in total. The maximum atomic E-state index is 12.8. The molecule has 0 aliphatic carbocycles. The number of carbonyl (C=O) groups is 1. The van der Waals surface area contributed by atoms with Crippen molar-refractivity contribution in [3.63, 3.8) is 0 Å². The van der Waals surface area contributed by atoms with Crippen molar-refractivity contribution in [3.8, 4) is 0 Å². The Kier molecular flexibility index (Phi) is 5.34. The molecule has 1 aliphatic rings. The lowest BCUT2D eigenvalue weighted by Crippen LogP contribution is -2.24. The lowest BCUT2D eigenvalue weighted by atomic mass is 10.1. The van der Waals surface area contributed by atoms with Crippen LogP contribution < -0.4 is 4.90 Å². The quantitative estimate of drug-likeness (QED) is 0.630. The second-order valence-corrected chi connectivity index (χ2v) is 6.54. The normalized spacial score (nSPS) is 17.8. The molecule has 1 aromatic carbocycles. The van der Waals surface area contributed by atoms with E-state index in [1.54, 1.807) is 12.1 Å². The minimum atomic E-state index is -4.48. The number of alkyl halides is 3. The van der Waals surface area contributed by atoms with Crippen molar-refractivity contribution in [1.82, 2.24) is 4.98 Å². The number of hydrogen-bond donors (Lipinski definition) is 0. The molecule has 0 radical (unpaired) electrons. The summed E-state index contributed by atoms with van der Waals surface area (Å²) < 4.78 is 43.7. The third kappa shape index (κ3) is 4.08. The Morgan fingerprint density at radius 2 is 2.00 bits per heavy atom. The summed E-state index contributed by atoms with van der Waals surface area (Å²) in [6.45, 7) is 2.61. The first kappa shape index (κ1) is 18.5. The minimum absolute atomic E-state index is 0.138. The fourth-order valence-electron chi connectivity index (χ4n) is 3.12. The molecule has 2 heterocycles. The number of halogens is 3. The Bertz CT molecular complexity index is 792. The molecule has 4 nitrogen and oxygen atoms in total. The van der Waals surface area contributed by atoms with E-state index in [-0.39, 0.29) is 11.6 Å². The number of unbranched alkanes of at least 4 members (excludes halogenated alkanes) is 3. The third-order valence-electron chi connectivity index (χ3n) is 4.53. The average molecular weight is 366 g/mol. The number of nitrogens with zero attached hydrogens (tertiary/aromatic N) is 2. The van der Waals surface area contributed by atoms with Crippen molar-refractivity contribution in [2.24, 2.45) is 0 Å². The van der Waals surface area contributed by atoms with Crippen LogP contribution in [0.3, 0.4) is 0 Å². The highest BCUT2D eigenvalue weighted by molar-refractivity contribution is 5.93. The summed E-state index contributed by atoms with van der Waals surface area (Å²) in [5.74, 6) is 0. The van der Waals surface area contributed by atoms with E-state index in [9.17, 15) is 18.0 Å². The number of anilines is 1. The van der Waals surface area contributed by atoms with Gasteiger partial charge in [-0.2, -0.15) is 13.2 Å². The number of ether oxygens (including phenoxy) is 1. The first-order valence-corrected chi connectivity index (χ1v) is 8.84. The third-order valence-corrected chi connectivity index (χ3v) is 4.53. The van der Waals surface area contributed by atoms with Gasteiger partial charge in [0.15, 0.2) is 0 Å². The fourth-order valence-corrected chi connectivity index (χ4v) is 3.12. The number of fused-ring (bicyclic) bond motifs is 1. The van der Waals surface area contributed by atoms with E-state index in [0.29, 0.717) is 17.6 Å². The van der Waals surface area contributed by atoms with Gasteiger partial charge in [0.25, 0.3) is 0 Å². The molecule has 26 heavy (non-hydrogen) atoms. The standard InChI is InChI=1S/C19H21F3N2O2/c1-2-3-4-5-6-15-12-24(18(25)26-15)14-8-9-16-13(11-14)7-10-17(23-16)19(20,21)22/h7-11,15H,2-6,12H2,1H3. The highest BCUT2D eigenvalue weighted by Crippen LogP contribution is 2.31. The lowest BCUT2D eigenvalue weighted by molar-refractivity contribution is -0.140. The van der Waals surface area contributed by atoms with Crippen molar-refractivity contribution in [2.75, 3.05) is 11.4 Å². The second-order valence-electron chi connectivity index (χ2n) is 6.54. The zero-order chi connectivity index (χ0) is 18.7. The van der Waals surface area contributed by atoms with Gasteiger partial charge in [0.1, 0.15) is 11.8 Å². The SMILES string of the molecule is CCCCCCC1CN(c2ccc3nc(C(F)(F)F)ccc3c2)C(=O)O1. The van der Waals surface area contributed by atoms with Crippen LogP contribution in [0.25, 0.3) is 10.9 Å².